The van der Waals surface area contributed by atoms with E-state index in [2.05, 4.69) is 15.4 Å². The first-order valence-corrected chi connectivity index (χ1v) is 9.91. The van der Waals surface area contributed by atoms with Gasteiger partial charge in [-0.1, -0.05) is 18.7 Å². The summed E-state index contributed by atoms with van der Waals surface area (Å²) in [5.74, 6) is 0.401. The Morgan fingerprint density at radius 1 is 1.38 bits per heavy atom. The van der Waals surface area contributed by atoms with Gasteiger partial charge in [-0.3, -0.25) is 18.8 Å². The Morgan fingerprint density at radius 2 is 2.15 bits per heavy atom. The highest BCUT2D eigenvalue weighted by atomic mass is 32.2. The molecule has 1 amide bonds. The Labute approximate surface area is 157 Å². The summed E-state index contributed by atoms with van der Waals surface area (Å²) in [5, 5.41) is 8.09. The number of thioether (sulfide) groups is 1. The first-order chi connectivity index (χ1) is 12.4. The quantitative estimate of drug-likeness (QED) is 0.800. The van der Waals surface area contributed by atoms with Crippen LogP contribution in [0.25, 0.3) is 0 Å². The highest BCUT2D eigenvalue weighted by molar-refractivity contribution is 7.99. The topological polar surface area (TPSA) is 81.8 Å². The molecule has 0 saturated heterocycles. The maximum Gasteiger partial charge on any atom is 0.257 e. The van der Waals surface area contributed by atoms with Crippen molar-refractivity contribution in [1.82, 2.24) is 24.6 Å². The fraction of sp³-hybridized carbons (Fsp3) is 0.556. The first kappa shape index (κ1) is 18.7. The molecule has 2 aromatic rings. The number of rotatable bonds is 5. The van der Waals surface area contributed by atoms with Crippen LogP contribution in [0.1, 0.15) is 29.6 Å². The number of hydrogen-bond acceptors (Lipinski definition) is 5. The van der Waals surface area contributed by atoms with E-state index in [-0.39, 0.29) is 17.4 Å². The van der Waals surface area contributed by atoms with E-state index in [9.17, 15) is 9.59 Å². The van der Waals surface area contributed by atoms with Crippen molar-refractivity contribution in [2.24, 2.45) is 5.92 Å². The maximum atomic E-state index is 12.6. The van der Waals surface area contributed by atoms with Gasteiger partial charge in [-0.25, -0.2) is 4.98 Å². The molecular formula is C18H25N5O2S. The van der Waals surface area contributed by atoms with Gasteiger partial charge in [0.15, 0.2) is 5.16 Å². The summed E-state index contributed by atoms with van der Waals surface area (Å²) >= 11 is 1.48. The fourth-order valence-corrected chi connectivity index (χ4v) is 4.41. The van der Waals surface area contributed by atoms with Crippen LogP contribution in [0.3, 0.4) is 0 Å². The highest BCUT2D eigenvalue weighted by Gasteiger charge is 2.27. The van der Waals surface area contributed by atoms with Crippen molar-refractivity contribution in [1.29, 1.82) is 0 Å². The molecule has 1 N–H and O–H groups in total. The van der Waals surface area contributed by atoms with E-state index >= 15 is 0 Å². The van der Waals surface area contributed by atoms with Gasteiger partial charge in [-0.15, -0.1) is 0 Å². The minimum atomic E-state index is -0.222. The smallest absolute Gasteiger partial charge is 0.257 e. The molecule has 3 heterocycles. The van der Waals surface area contributed by atoms with E-state index in [4.69, 9.17) is 0 Å². The van der Waals surface area contributed by atoms with Crippen LogP contribution in [0.5, 0.6) is 0 Å². The number of carbonyl (C=O) groups is 1. The molecular weight excluding hydrogens is 350 g/mol. The lowest BCUT2D eigenvalue weighted by atomic mass is 10.1. The van der Waals surface area contributed by atoms with Crippen LogP contribution in [0, 0.1) is 26.7 Å². The molecule has 0 radical (unpaired) electrons. The molecule has 0 unspecified atom stereocenters. The van der Waals surface area contributed by atoms with Gasteiger partial charge in [-0.2, -0.15) is 5.10 Å². The van der Waals surface area contributed by atoms with Crippen LogP contribution in [0.15, 0.2) is 16.0 Å². The lowest BCUT2D eigenvalue weighted by Crippen LogP contribution is -2.41. The minimum absolute atomic E-state index is 0.0114. The number of nitrogens with zero attached hydrogens (tertiary/aromatic N) is 4. The number of amides is 1. The molecule has 7 nitrogen and oxygen atoms in total. The second-order valence-corrected chi connectivity index (χ2v) is 7.66. The SMILES string of the molecule is CCc1c(C)nc2n(c1=O)C[C@@H](C(=O)NCCn1nc(C)cc1C)CS2. The third kappa shape index (κ3) is 3.70. The molecule has 1 atom stereocenters. The summed E-state index contributed by atoms with van der Waals surface area (Å²) in [5.41, 5.74) is 3.58. The standard InChI is InChI=1S/C18H25N5O2S/c1-5-15-13(4)20-18-22(17(15)25)9-14(10-26-18)16(24)19-6-7-23-12(3)8-11(2)21-23/h8,14H,5-7,9-10H2,1-4H3,(H,19,24)/t14-/m1/s1. The van der Waals surface area contributed by atoms with Crippen molar-refractivity contribution in [3.63, 3.8) is 0 Å². The van der Waals surface area contributed by atoms with Gasteiger partial charge in [0.1, 0.15) is 0 Å². The monoisotopic (exact) mass is 375 g/mol. The zero-order valence-electron chi connectivity index (χ0n) is 15.7. The summed E-state index contributed by atoms with van der Waals surface area (Å²) in [4.78, 5) is 29.7. The molecule has 0 saturated carbocycles. The van der Waals surface area contributed by atoms with E-state index in [1.807, 2.05) is 38.4 Å². The van der Waals surface area contributed by atoms with Crippen molar-refractivity contribution < 1.29 is 4.79 Å². The van der Waals surface area contributed by atoms with Crippen LogP contribution in [0.4, 0.5) is 0 Å². The lowest BCUT2D eigenvalue weighted by Gasteiger charge is -2.25. The van der Waals surface area contributed by atoms with Crippen LogP contribution in [-0.4, -0.2) is 37.5 Å². The van der Waals surface area contributed by atoms with E-state index in [1.54, 1.807) is 4.57 Å². The third-order valence-electron chi connectivity index (χ3n) is 4.70. The van der Waals surface area contributed by atoms with Gasteiger partial charge < -0.3 is 5.32 Å². The molecule has 3 rings (SSSR count). The van der Waals surface area contributed by atoms with Crippen LogP contribution in [-0.2, 0) is 24.3 Å². The van der Waals surface area contributed by atoms with Crippen LogP contribution in [0.2, 0.25) is 0 Å². The second kappa shape index (κ2) is 7.65. The summed E-state index contributed by atoms with van der Waals surface area (Å²) in [6.07, 6.45) is 0.655. The summed E-state index contributed by atoms with van der Waals surface area (Å²) in [6, 6.07) is 2.02. The van der Waals surface area contributed by atoms with Crippen molar-refractivity contribution in [3.05, 3.63) is 39.1 Å². The molecule has 0 bridgehead atoms. The third-order valence-corrected chi connectivity index (χ3v) is 5.84. The molecule has 0 spiro atoms. The van der Waals surface area contributed by atoms with Crippen molar-refractivity contribution >= 4 is 17.7 Å². The van der Waals surface area contributed by atoms with E-state index in [0.717, 1.165) is 27.8 Å². The molecule has 0 fully saturated rings. The maximum absolute atomic E-state index is 12.6. The van der Waals surface area contributed by atoms with Gasteiger partial charge in [-0.05, 0) is 33.3 Å². The number of fused-ring (bicyclic) bond motifs is 1. The zero-order chi connectivity index (χ0) is 18.8. The Hall–Kier alpha value is -2.09. The largest absolute Gasteiger partial charge is 0.354 e. The molecule has 26 heavy (non-hydrogen) atoms. The summed E-state index contributed by atoms with van der Waals surface area (Å²) < 4.78 is 3.55. The Kier molecular flexibility index (Phi) is 5.50. The van der Waals surface area contributed by atoms with E-state index < -0.39 is 0 Å². The molecule has 0 aromatic carbocycles. The number of nitrogens with one attached hydrogen (secondary N) is 1. The number of aryl methyl sites for hydroxylation is 3. The lowest BCUT2D eigenvalue weighted by molar-refractivity contribution is -0.124. The highest BCUT2D eigenvalue weighted by Crippen LogP contribution is 2.25. The number of aromatic nitrogens is 4. The minimum Gasteiger partial charge on any atom is -0.354 e. The van der Waals surface area contributed by atoms with Gasteiger partial charge in [0.2, 0.25) is 5.91 Å². The average molecular weight is 375 g/mol. The van der Waals surface area contributed by atoms with Crippen LogP contribution >= 0.6 is 11.8 Å². The molecule has 1 aliphatic heterocycles. The predicted octanol–water partition coefficient (Wildman–Crippen LogP) is 1.47. The molecule has 8 heteroatoms. The summed E-state index contributed by atoms with van der Waals surface area (Å²) in [7, 11) is 0. The first-order valence-electron chi connectivity index (χ1n) is 8.92. The summed E-state index contributed by atoms with van der Waals surface area (Å²) in [6.45, 7) is 9.35. The van der Waals surface area contributed by atoms with E-state index in [1.165, 1.54) is 11.8 Å². The van der Waals surface area contributed by atoms with Gasteiger partial charge in [0.05, 0.1) is 18.2 Å². The molecule has 2 aromatic heterocycles. The molecule has 140 valence electrons. The van der Waals surface area contributed by atoms with Gasteiger partial charge in [0, 0.05) is 35.8 Å². The number of carbonyl (C=O) groups excluding carboxylic acids is 1. The van der Waals surface area contributed by atoms with Crippen molar-refractivity contribution in [2.75, 3.05) is 12.3 Å². The predicted molar refractivity (Wildman–Crippen MR) is 102 cm³/mol. The zero-order valence-corrected chi connectivity index (χ0v) is 16.5. The Morgan fingerprint density at radius 3 is 2.81 bits per heavy atom. The van der Waals surface area contributed by atoms with Gasteiger partial charge >= 0.3 is 0 Å². The average Bonchev–Trinajstić information content (AvgIpc) is 2.92. The fourth-order valence-electron chi connectivity index (χ4n) is 3.29. The number of hydrogen-bond donors (Lipinski definition) is 1. The molecule has 0 aliphatic carbocycles. The second-order valence-electron chi connectivity index (χ2n) is 6.68. The normalized spacial score (nSPS) is 16.4. The Bertz CT molecular complexity index is 886. The Balaban J connectivity index is 1.64. The molecule has 1 aliphatic rings. The van der Waals surface area contributed by atoms with Gasteiger partial charge in [0.25, 0.3) is 5.56 Å². The van der Waals surface area contributed by atoms with Crippen molar-refractivity contribution in [2.45, 2.75) is 52.4 Å². The van der Waals surface area contributed by atoms with E-state index in [0.29, 0.717) is 31.8 Å². The van der Waals surface area contributed by atoms with Crippen LogP contribution < -0.4 is 10.9 Å². The van der Waals surface area contributed by atoms with Crippen molar-refractivity contribution in [3.8, 4) is 0 Å².